The Balaban J connectivity index is 1.96. The van der Waals surface area contributed by atoms with Crippen molar-refractivity contribution in [1.29, 1.82) is 0 Å². The molecule has 0 aliphatic rings. The molecule has 2 rings (SSSR count). The van der Waals surface area contributed by atoms with E-state index in [4.69, 9.17) is 9.47 Å². The lowest BCUT2D eigenvalue weighted by Gasteiger charge is -2.26. The molecule has 0 aliphatic heterocycles. The van der Waals surface area contributed by atoms with Crippen molar-refractivity contribution in [2.24, 2.45) is 5.92 Å². The second-order valence-corrected chi connectivity index (χ2v) is 11.0. The van der Waals surface area contributed by atoms with Gasteiger partial charge in [0.1, 0.15) is 17.5 Å². The van der Waals surface area contributed by atoms with Gasteiger partial charge in [-0.15, -0.1) is 0 Å². The fraction of sp³-hybridized carbons (Fsp3) is 0.516. The Kier molecular flexibility index (Phi) is 14.1. The van der Waals surface area contributed by atoms with Gasteiger partial charge in [0.2, 0.25) is 5.91 Å². The molecule has 11 nitrogen and oxygen atoms in total. The van der Waals surface area contributed by atoms with Gasteiger partial charge in [-0.25, -0.2) is 4.79 Å². The summed E-state index contributed by atoms with van der Waals surface area (Å²) in [6.45, 7) is 6.91. The van der Waals surface area contributed by atoms with E-state index in [0.29, 0.717) is 30.9 Å². The average Bonchev–Trinajstić information content (AvgIpc) is 2.96. The first-order chi connectivity index (χ1) is 19.9. The molecular formula is C31H47N5O6. The van der Waals surface area contributed by atoms with Crippen LogP contribution in [0, 0.1) is 5.92 Å². The van der Waals surface area contributed by atoms with Gasteiger partial charge < -0.3 is 40.7 Å². The molecule has 2 aromatic rings. The van der Waals surface area contributed by atoms with Crippen LogP contribution in [0.1, 0.15) is 50.3 Å². The van der Waals surface area contributed by atoms with Gasteiger partial charge in [-0.05, 0) is 61.7 Å². The zero-order chi connectivity index (χ0) is 31.2. The van der Waals surface area contributed by atoms with Crippen LogP contribution >= 0.6 is 0 Å². The number of benzene rings is 2. The van der Waals surface area contributed by atoms with E-state index in [2.05, 4.69) is 26.2 Å². The minimum absolute atomic E-state index is 0.110. The number of carbonyl (C=O) groups excluding carboxylic acids is 3. The van der Waals surface area contributed by atoms with Crippen molar-refractivity contribution in [2.45, 2.75) is 71.4 Å². The molecule has 42 heavy (non-hydrogen) atoms. The van der Waals surface area contributed by atoms with Gasteiger partial charge in [0.05, 0.1) is 20.3 Å². The minimum atomic E-state index is -1.49. The van der Waals surface area contributed by atoms with Crippen LogP contribution in [0.3, 0.4) is 0 Å². The molecule has 0 spiro atoms. The molecule has 2 aromatic carbocycles. The number of urea groups is 1. The van der Waals surface area contributed by atoms with Crippen molar-refractivity contribution >= 4 is 17.8 Å². The molecule has 4 amide bonds. The lowest BCUT2D eigenvalue weighted by molar-refractivity contribution is -0.132. The average molecular weight is 586 g/mol. The van der Waals surface area contributed by atoms with Crippen LogP contribution < -0.4 is 30.7 Å². The zero-order valence-electron chi connectivity index (χ0n) is 25.8. The zero-order valence-corrected chi connectivity index (χ0v) is 25.8. The quantitative estimate of drug-likeness (QED) is 0.204. The van der Waals surface area contributed by atoms with Gasteiger partial charge >= 0.3 is 6.03 Å². The summed E-state index contributed by atoms with van der Waals surface area (Å²) in [5.74, 6) is 0.153. The molecule has 0 heterocycles. The van der Waals surface area contributed by atoms with Crippen molar-refractivity contribution in [1.82, 2.24) is 26.2 Å². The number of nitrogens with zero attached hydrogens (tertiary/aromatic N) is 1. The van der Waals surface area contributed by atoms with Gasteiger partial charge in [-0.3, -0.25) is 9.59 Å². The van der Waals surface area contributed by atoms with Crippen molar-refractivity contribution in [2.75, 3.05) is 28.3 Å². The monoisotopic (exact) mass is 585 g/mol. The fourth-order valence-corrected chi connectivity index (χ4v) is 4.35. The van der Waals surface area contributed by atoms with Crippen LogP contribution in [0.25, 0.3) is 0 Å². The SMILES string of the molecule is CCC(NC(=O)[C@H](CC(C)C)NC(=O)NCc1ccc(CN(C)C)cc1)C(O)C(=O)NCc1cc(OC)cc(OC)c1. The maximum absolute atomic E-state index is 13.2. The predicted molar refractivity (Wildman–Crippen MR) is 162 cm³/mol. The number of hydrogen-bond acceptors (Lipinski definition) is 7. The summed E-state index contributed by atoms with van der Waals surface area (Å²) in [4.78, 5) is 40.7. The first-order valence-corrected chi connectivity index (χ1v) is 14.2. The van der Waals surface area contributed by atoms with E-state index in [1.807, 2.05) is 52.2 Å². The van der Waals surface area contributed by atoms with Gasteiger partial charge in [0.15, 0.2) is 6.10 Å². The number of amides is 4. The van der Waals surface area contributed by atoms with Gasteiger partial charge in [0, 0.05) is 25.7 Å². The summed E-state index contributed by atoms with van der Waals surface area (Å²) >= 11 is 0. The summed E-state index contributed by atoms with van der Waals surface area (Å²) < 4.78 is 10.5. The number of methoxy groups -OCH3 is 2. The molecule has 0 bridgehead atoms. The van der Waals surface area contributed by atoms with Crippen LogP contribution in [-0.4, -0.2) is 74.4 Å². The fourth-order valence-electron chi connectivity index (χ4n) is 4.35. The summed E-state index contributed by atoms with van der Waals surface area (Å²) in [6, 6.07) is 11.0. The van der Waals surface area contributed by atoms with Gasteiger partial charge in [-0.1, -0.05) is 45.0 Å². The molecule has 0 saturated carbocycles. The lowest BCUT2D eigenvalue weighted by atomic mass is 10.0. The first kappa shape index (κ1) is 34.4. The molecule has 3 atom stereocenters. The minimum Gasteiger partial charge on any atom is -0.497 e. The van der Waals surface area contributed by atoms with E-state index in [1.54, 1.807) is 25.1 Å². The summed E-state index contributed by atoms with van der Waals surface area (Å²) in [6.07, 6.45) is -0.803. The number of rotatable bonds is 16. The summed E-state index contributed by atoms with van der Waals surface area (Å²) in [7, 11) is 7.07. The maximum Gasteiger partial charge on any atom is 0.315 e. The van der Waals surface area contributed by atoms with Crippen molar-refractivity contribution in [3.8, 4) is 11.5 Å². The molecule has 5 N–H and O–H groups in total. The number of aliphatic hydroxyl groups excluding tert-OH is 1. The van der Waals surface area contributed by atoms with E-state index in [0.717, 1.165) is 17.7 Å². The Labute approximate surface area is 249 Å². The third-order valence-electron chi connectivity index (χ3n) is 6.60. The highest BCUT2D eigenvalue weighted by atomic mass is 16.5. The number of nitrogens with one attached hydrogen (secondary N) is 4. The van der Waals surface area contributed by atoms with Gasteiger partial charge in [-0.2, -0.15) is 0 Å². The van der Waals surface area contributed by atoms with Crippen LogP contribution in [0.15, 0.2) is 42.5 Å². The topological polar surface area (TPSA) is 141 Å². The number of ether oxygens (including phenoxy) is 2. The third-order valence-corrected chi connectivity index (χ3v) is 6.60. The maximum atomic E-state index is 13.2. The molecule has 0 saturated heterocycles. The van der Waals surface area contributed by atoms with E-state index < -0.39 is 36.0 Å². The van der Waals surface area contributed by atoms with Crippen LogP contribution in [0.2, 0.25) is 0 Å². The second kappa shape index (κ2) is 17.2. The second-order valence-electron chi connectivity index (χ2n) is 11.0. The largest absolute Gasteiger partial charge is 0.497 e. The Morgan fingerprint density at radius 3 is 1.93 bits per heavy atom. The molecule has 0 fully saturated rings. The number of hydrogen-bond donors (Lipinski definition) is 5. The predicted octanol–water partition coefficient (Wildman–Crippen LogP) is 2.55. The van der Waals surface area contributed by atoms with Crippen molar-refractivity contribution < 1.29 is 29.0 Å². The Bertz CT molecular complexity index is 1130. The lowest BCUT2D eigenvalue weighted by Crippen LogP contribution is -2.56. The number of aliphatic hydroxyl groups is 1. The van der Waals surface area contributed by atoms with E-state index >= 15 is 0 Å². The molecule has 232 valence electrons. The molecular weight excluding hydrogens is 538 g/mol. The highest BCUT2D eigenvalue weighted by Crippen LogP contribution is 2.22. The van der Waals surface area contributed by atoms with E-state index in [9.17, 15) is 19.5 Å². The van der Waals surface area contributed by atoms with E-state index in [-0.39, 0.29) is 12.5 Å². The number of carbonyl (C=O) groups is 3. The van der Waals surface area contributed by atoms with Crippen LogP contribution in [-0.2, 0) is 29.2 Å². The normalized spacial score (nSPS) is 13.2. The Morgan fingerprint density at radius 2 is 1.40 bits per heavy atom. The molecule has 11 heteroatoms. The third kappa shape index (κ3) is 11.6. The Hall–Kier alpha value is -3.83. The smallest absolute Gasteiger partial charge is 0.315 e. The summed E-state index contributed by atoms with van der Waals surface area (Å²) in [5.41, 5.74) is 2.83. The van der Waals surface area contributed by atoms with E-state index in [1.165, 1.54) is 19.8 Å². The van der Waals surface area contributed by atoms with Gasteiger partial charge in [0.25, 0.3) is 5.91 Å². The molecule has 2 unspecified atom stereocenters. The van der Waals surface area contributed by atoms with Crippen molar-refractivity contribution in [3.05, 3.63) is 59.2 Å². The Morgan fingerprint density at radius 1 is 0.833 bits per heavy atom. The highest BCUT2D eigenvalue weighted by molar-refractivity contribution is 5.88. The molecule has 0 aromatic heterocycles. The molecule has 0 aliphatic carbocycles. The van der Waals surface area contributed by atoms with Crippen LogP contribution in [0.4, 0.5) is 4.79 Å². The van der Waals surface area contributed by atoms with Crippen molar-refractivity contribution in [3.63, 3.8) is 0 Å². The molecule has 0 radical (unpaired) electrons. The van der Waals surface area contributed by atoms with Crippen LogP contribution in [0.5, 0.6) is 11.5 Å². The first-order valence-electron chi connectivity index (χ1n) is 14.2. The highest BCUT2D eigenvalue weighted by Gasteiger charge is 2.30. The standard InChI is InChI=1S/C31H47N5O6/c1-8-26(28(37)30(39)32-18-23-14-24(41-6)16-25(15-23)42-7)34-29(38)27(13-20(2)3)35-31(40)33-17-21-9-11-22(12-10-21)19-36(4)5/h9-12,14-16,20,26-28,37H,8,13,17-19H2,1-7H3,(H,32,39)(H,34,38)(H2,33,35,40)/t26?,27-,28?/m0/s1. The summed E-state index contributed by atoms with van der Waals surface area (Å²) in [5, 5.41) is 21.7.